The van der Waals surface area contributed by atoms with Crippen molar-refractivity contribution in [3.8, 4) is 0 Å². The van der Waals surface area contributed by atoms with Gasteiger partial charge in [0.25, 0.3) is 0 Å². The van der Waals surface area contributed by atoms with E-state index in [-0.39, 0.29) is 16.7 Å². The van der Waals surface area contributed by atoms with Crippen LogP contribution in [0, 0.1) is 34.5 Å². The molecule has 25 heavy (non-hydrogen) atoms. The molecule has 6 atom stereocenters. The monoisotopic (exact) mass is 346 g/mol. The van der Waals surface area contributed by atoms with Crippen molar-refractivity contribution in [1.82, 2.24) is 0 Å². The predicted molar refractivity (Wildman–Crippen MR) is 96.5 cm³/mol. The molecule has 4 rings (SSSR count). The molecule has 0 radical (unpaired) electrons. The Morgan fingerprint density at radius 3 is 2.64 bits per heavy atom. The molecule has 0 amide bonds. The van der Waals surface area contributed by atoms with E-state index in [1.54, 1.807) is 0 Å². The van der Waals surface area contributed by atoms with Crippen molar-refractivity contribution >= 4 is 5.78 Å². The van der Waals surface area contributed by atoms with Crippen molar-refractivity contribution in [2.75, 3.05) is 6.61 Å². The first-order valence-electron chi connectivity index (χ1n) is 10.0. The highest BCUT2D eigenvalue weighted by atomic mass is 19.1. The summed E-state index contributed by atoms with van der Waals surface area (Å²) >= 11 is 0. The summed E-state index contributed by atoms with van der Waals surface area (Å²) in [6.45, 7) is 6.52. The van der Waals surface area contributed by atoms with E-state index in [2.05, 4.69) is 20.8 Å². The van der Waals surface area contributed by atoms with Crippen LogP contribution in [0.25, 0.3) is 0 Å². The molecule has 3 fully saturated rings. The Kier molecular flexibility index (Phi) is 4.03. The van der Waals surface area contributed by atoms with E-state index in [1.165, 1.54) is 5.57 Å². The lowest BCUT2D eigenvalue weighted by molar-refractivity contribution is -0.117. The first kappa shape index (κ1) is 17.5. The molecule has 3 heteroatoms. The molecule has 2 nitrogen and oxygen atoms in total. The van der Waals surface area contributed by atoms with Crippen molar-refractivity contribution < 1.29 is 14.3 Å². The number of hydrogen-bond donors (Lipinski definition) is 1. The van der Waals surface area contributed by atoms with Crippen LogP contribution in [0.15, 0.2) is 23.0 Å². The lowest BCUT2D eigenvalue weighted by atomic mass is 9.45. The summed E-state index contributed by atoms with van der Waals surface area (Å²) in [5.41, 5.74) is 2.37. The predicted octanol–water partition coefficient (Wildman–Crippen LogP) is 4.98. The van der Waals surface area contributed by atoms with Crippen LogP contribution in [0.1, 0.15) is 65.7 Å². The number of fused-ring (bicyclic) bond motifs is 5. The largest absolute Gasteiger partial charge is 0.389 e. The minimum atomic E-state index is -0.450. The highest BCUT2D eigenvalue weighted by molar-refractivity contribution is 5.91. The Labute approximate surface area is 150 Å². The van der Waals surface area contributed by atoms with E-state index in [4.69, 9.17) is 0 Å². The minimum Gasteiger partial charge on any atom is -0.389 e. The van der Waals surface area contributed by atoms with Gasteiger partial charge in [-0.05, 0) is 84.7 Å². The number of halogens is 1. The van der Waals surface area contributed by atoms with Crippen LogP contribution in [-0.4, -0.2) is 17.5 Å². The number of aliphatic hydroxyl groups is 1. The molecule has 0 aromatic carbocycles. The van der Waals surface area contributed by atoms with Crippen LogP contribution in [0.3, 0.4) is 0 Å². The Morgan fingerprint density at radius 1 is 1.20 bits per heavy atom. The molecule has 4 aliphatic rings. The summed E-state index contributed by atoms with van der Waals surface area (Å²) < 4.78 is 14.3. The van der Waals surface area contributed by atoms with Crippen LogP contribution < -0.4 is 0 Å². The van der Waals surface area contributed by atoms with Gasteiger partial charge >= 0.3 is 0 Å². The summed E-state index contributed by atoms with van der Waals surface area (Å²) in [5.74, 6) is 2.32. The van der Waals surface area contributed by atoms with Crippen LogP contribution in [0.2, 0.25) is 0 Å². The zero-order valence-electron chi connectivity index (χ0n) is 15.8. The lowest BCUT2D eigenvalue weighted by Gasteiger charge is -2.59. The zero-order chi connectivity index (χ0) is 18.0. The van der Waals surface area contributed by atoms with Crippen molar-refractivity contribution in [2.45, 2.75) is 65.7 Å². The van der Waals surface area contributed by atoms with Crippen molar-refractivity contribution in [3.63, 3.8) is 0 Å². The molecule has 6 unspecified atom stereocenters. The molecule has 3 saturated carbocycles. The molecular formula is C22H31FO2. The molecule has 0 aliphatic heterocycles. The third-order valence-corrected chi connectivity index (χ3v) is 8.56. The van der Waals surface area contributed by atoms with E-state index < -0.39 is 6.61 Å². The van der Waals surface area contributed by atoms with Crippen LogP contribution in [0.4, 0.5) is 4.39 Å². The molecular weight excluding hydrogens is 315 g/mol. The molecule has 0 heterocycles. The van der Waals surface area contributed by atoms with Gasteiger partial charge in [0.05, 0.1) is 6.61 Å². The van der Waals surface area contributed by atoms with Crippen LogP contribution >= 0.6 is 0 Å². The van der Waals surface area contributed by atoms with Gasteiger partial charge in [0.2, 0.25) is 0 Å². The fourth-order valence-electron chi connectivity index (χ4n) is 7.26. The summed E-state index contributed by atoms with van der Waals surface area (Å²) in [6, 6.07) is 0. The Bertz CT molecular complexity index is 663. The third kappa shape index (κ3) is 2.34. The SMILES string of the molecule is CC1CC2=CC(=O)CCC2(C)C2CCC3(C)/C(=C(/F)CO)CCC3C12. The maximum Gasteiger partial charge on any atom is 0.155 e. The normalized spacial score (nSPS) is 48.4. The Balaban J connectivity index is 1.73. The van der Waals surface area contributed by atoms with Gasteiger partial charge in [-0.3, -0.25) is 4.79 Å². The topological polar surface area (TPSA) is 37.3 Å². The number of rotatable bonds is 1. The maximum atomic E-state index is 14.3. The molecule has 138 valence electrons. The molecule has 0 spiro atoms. The lowest BCUT2D eigenvalue weighted by Crippen LogP contribution is -2.52. The zero-order valence-corrected chi connectivity index (χ0v) is 15.8. The van der Waals surface area contributed by atoms with E-state index in [0.29, 0.717) is 35.9 Å². The molecule has 4 aliphatic carbocycles. The third-order valence-electron chi connectivity index (χ3n) is 8.56. The first-order valence-corrected chi connectivity index (χ1v) is 10.0. The smallest absolute Gasteiger partial charge is 0.155 e. The van der Waals surface area contributed by atoms with Crippen molar-refractivity contribution in [1.29, 1.82) is 0 Å². The number of carbonyl (C=O) groups excluding carboxylic acids is 1. The van der Waals surface area contributed by atoms with Gasteiger partial charge in [-0.15, -0.1) is 0 Å². The Hall–Kier alpha value is -0.960. The summed E-state index contributed by atoms with van der Waals surface area (Å²) in [5, 5.41) is 9.33. The van der Waals surface area contributed by atoms with E-state index in [9.17, 15) is 14.3 Å². The minimum absolute atomic E-state index is 0.0791. The van der Waals surface area contributed by atoms with Crippen LogP contribution in [0.5, 0.6) is 0 Å². The summed E-state index contributed by atoms with van der Waals surface area (Å²) in [6.07, 6.45) is 8.65. The molecule has 0 aromatic rings. The highest BCUT2D eigenvalue weighted by Crippen LogP contribution is 2.68. The summed E-state index contributed by atoms with van der Waals surface area (Å²) in [7, 11) is 0. The van der Waals surface area contributed by atoms with Crippen molar-refractivity contribution in [2.24, 2.45) is 34.5 Å². The van der Waals surface area contributed by atoms with Gasteiger partial charge in [0.15, 0.2) is 5.78 Å². The molecule has 1 N–H and O–H groups in total. The van der Waals surface area contributed by atoms with Gasteiger partial charge in [-0.1, -0.05) is 26.3 Å². The van der Waals surface area contributed by atoms with Gasteiger partial charge in [0, 0.05) is 6.42 Å². The molecule has 0 bridgehead atoms. The van der Waals surface area contributed by atoms with E-state index in [1.807, 2.05) is 6.08 Å². The van der Waals surface area contributed by atoms with Gasteiger partial charge < -0.3 is 5.11 Å². The average molecular weight is 346 g/mol. The number of aliphatic hydroxyl groups excluding tert-OH is 1. The first-order chi connectivity index (χ1) is 11.8. The molecule has 0 aromatic heterocycles. The maximum absolute atomic E-state index is 14.3. The number of ketones is 1. The standard InChI is InChI=1S/C22H31FO2/c1-13-10-14-11-15(25)6-8-21(14,2)18-7-9-22(3)16(19(23)12-24)4-5-17(22)20(13)18/h11,13,17-18,20,24H,4-10,12H2,1-3H3/b19-16+. The van der Waals surface area contributed by atoms with Crippen molar-refractivity contribution in [3.05, 3.63) is 23.0 Å². The highest BCUT2D eigenvalue weighted by Gasteiger charge is 2.59. The number of carbonyl (C=O) groups is 1. The second-order valence-corrected chi connectivity index (χ2v) is 9.56. The Morgan fingerprint density at radius 2 is 1.92 bits per heavy atom. The quantitative estimate of drug-likeness (QED) is 0.727. The fourth-order valence-corrected chi connectivity index (χ4v) is 7.26. The van der Waals surface area contributed by atoms with Crippen LogP contribution in [-0.2, 0) is 4.79 Å². The summed E-state index contributed by atoms with van der Waals surface area (Å²) in [4.78, 5) is 12.0. The number of allylic oxidation sites excluding steroid dienone is 2. The second-order valence-electron chi connectivity index (χ2n) is 9.56. The van der Waals surface area contributed by atoms with Gasteiger partial charge in [-0.2, -0.15) is 0 Å². The van der Waals surface area contributed by atoms with Gasteiger partial charge in [-0.25, -0.2) is 4.39 Å². The van der Waals surface area contributed by atoms with Gasteiger partial charge in [0.1, 0.15) is 5.83 Å². The van der Waals surface area contributed by atoms with E-state index >= 15 is 0 Å². The second kappa shape index (κ2) is 5.77. The number of hydrogen-bond acceptors (Lipinski definition) is 2. The molecule has 0 saturated heterocycles. The van der Waals surface area contributed by atoms with E-state index in [0.717, 1.165) is 44.1 Å². The average Bonchev–Trinajstić information content (AvgIpc) is 2.93. The fraction of sp³-hybridized carbons (Fsp3) is 0.773.